The normalized spacial score (nSPS) is 8.94. The monoisotopic (exact) mass is 274 g/mol. The summed E-state index contributed by atoms with van der Waals surface area (Å²) in [5.41, 5.74) is 11.6. The van der Waals surface area contributed by atoms with Crippen molar-refractivity contribution in [3.8, 4) is 0 Å². The molecule has 1 heterocycles. The highest BCUT2D eigenvalue weighted by Gasteiger charge is 2.10. The van der Waals surface area contributed by atoms with Gasteiger partial charge in [-0.3, -0.25) is 4.79 Å². The molecule has 5 nitrogen and oxygen atoms in total. The fourth-order valence-corrected chi connectivity index (χ4v) is 1.43. The maximum atomic E-state index is 11.6. The number of nitrogens with two attached hydrogens (primary N) is 2. The molecule has 0 aliphatic carbocycles. The Morgan fingerprint density at radius 1 is 1.18 bits per heavy atom. The van der Waals surface area contributed by atoms with Gasteiger partial charge in [0.25, 0.3) is 5.91 Å². The van der Waals surface area contributed by atoms with Crippen LogP contribution in [0.2, 0.25) is 0 Å². The van der Waals surface area contributed by atoms with Crippen LogP contribution in [0.15, 0.2) is 35.5 Å². The quantitative estimate of drug-likeness (QED) is 0.542. The third kappa shape index (κ3) is 3.12. The molecule has 0 spiro atoms. The number of fused-ring (bicyclic) bond motifs is 1. The summed E-state index contributed by atoms with van der Waals surface area (Å²) < 4.78 is 0. The van der Waals surface area contributed by atoms with E-state index in [4.69, 9.17) is 11.5 Å². The SMILES string of the molecule is Cl.Cl.NC(N)=NC(=O)c1c[nH]c2ccccc12. The number of hydrogen-bond acceptors (Lipinski definition) is 1. The zero-order valence-electron chi connectivity index (χ0n) is 8.71. The Kier molecular flexibility index (Phi) is 5.50. The number of nitrogens with zero attached hydrogens (tertiary/aromatic N) is 1. The van der Waals surface area contributed by atoms with Crippen LogP contribution in [0, 0.1) is 0 Å². The van der Waals surface area contributed by atoms with E-state index in [1.807, 2.05) is 24.3 Å². The lowest BCUT2D eigenvalue weighted by Crippen LogP contribution is -2.24. The highest BCUT2D eigenvalue weighted by molar-refractivity contribution is 6.10. The van der Waals surface area contributed by atoms with Gasteiger partial charge in [-0.2, -0.15) is 4.99 Å². The van der Waals surface area contributed by atoms with Crippen LogP contribution in [0.25, 0.3) is 10.9 Å². The molecule has 0 radical (unpaired) electrons. The van der Waals surface area contributed by atoms with Gasteiger partial charge in [-0.1, -0.05) is 18.2 Å². The van der Waals surface area contributed by atoms with Crippen LogP contribution in [0.1, 0.15) is 10.4 Å². The van der Waals surface area contributed by atoms with Gasteiger partial charge in [0.15, 0.2) is 5.96 Å². The van der Waals surface area contributed by atoms with E-state index in [0.29, 0.717) is 5.56 Å². The fraction of sp³-hybridized carbons (Fsp3) is 0. The van der Waals surface area contributed by atoms with Gasteiger partial charge >= 0.3 is 0 Å². The van der Waals surface area contributed by atoms with Crippen LogP contribution in [0.3, 0.4) is 0 Å². The van der Waals surface area contributed by atoms with Crippen LogP contribution < -0.4 is 11.5 Å². The van der Waals surface area contributed by atoms with E-state index < -0.39 is 5.91 Å². The summed E-state index contributed by atoms with van der Waals surface area (Å²) in [7, 11) is 0. The van der Waals surface area contributed by atoms with Crippen molar-refractivity contribution >= 4 is 47.6 Å². The van der Waals surface area contributed by atoms with Crippen LogP contribution in [-0.4, -0.2) is 16.9 Å². The lowest BCUT2D eigenvalue weighted by atomic mass is 10.2. The number of hydrogen-bond donors (Lipinski definition) is 3. The van der Waals surface area contributed by atoms with Gasteiger partial charge in [0, 0.05) is 17.1 Å². The van der Waals surface area contributed by atoms with Gasteiger partial charge < -0.3 is 16.5 Å². The number of rotatable bonds is 1. The zero-order chi connectivity index (χ0) is 10.8. The zero-order valence-corrected chi connectivity index (χ0v) is 10.3. The van der Waals surface area contributed by atoms with Crippen LogP contribution in [0.4, 0.5) is 0 Å². The van der Waals surface area contributed by atoms with Crippen LogP contribution >= 0.6 is 24.8 Å². The standard InChI is InChI=1S/C10H10N4O.2ClH/c11-10(12)14-9(15)7-5-13-8-4-2-1-3-6(7)8;;/h1-5,13H,(H4,11,12,14,15);2*1H. The lowest BCUT2D eigenvalue weighted by Gasteiger charge is -1.93. The third-order valence-corrected chi connectivity index (χ3v) is 2.05. The number of aromatic nitrogens is 1. The first-order valence-corrected chi connectivity index (χ1v) is 4.38. The molecule has 1 aromatic carbocycles. The average Bonchev–Trinajstić information content (AvgIpc) is 2.59. The molecule has 2 rings (SSSR count). The van der Waals surface area contributed by atoms with Crippen LogP contribution in [0.5, 0.6) is 0 Å². The third-order valence-electron chi connectivity index (χ3n) is 2.05. The van der Waals surface area contributed by atoms with Crippen molar-refractivity contribution in [2.45, 2.75) is 0 Å². The molecule has 5 N–H and O–H groups in total. The minimum absolute atomic E-state index is 0. The highest BCUT2D eigenvalue weighted by atomic mass is 35.5. The Morgan fingerprint density at radius 2 is 1.82 bits per heavy atom. The molecule has 0 bridgehead atoms. The minimum Gasteiger partial charge on any atom is -0.370 e. The number of H-pyrrole nitrogens is 1. The summed E-state index contributed by atoms with van der Waals surface area (Å²) in [6.07, 6.45) is 1.60. The first-order valence-electron chi connectivity index (χ1n) is 4.38. The Hall–Kier alpha value is -1.72. The Morgan fingerprint density at radius 3 is 2.47 bits per heavy atom. The van der Waals surface area contributed by atoms with Gasteiger partial charge in [-0.25, -0.2) is 0 Å². The maximum Gasteiger partial charge on any atom is 0.282 e. The number of aliphatic imine (C=N–C) groups is 1. The molecule has 17 heavy (non-hydrogen) atoms. The number of aromatic amines is 1. The van der Waals surface area contributed by atoms with Gasteiger partial charge in [-0.15, -0.1) is 24.8 Å². The number of amides is 1. The predicted molar refractivity (Wildman–Crippen MR) is 72.9 cm³/mol. The molecule has 92 valence electrons. The van der Waals surface area contributed by atoms with Crippen LogP contribution in [-0.2, 0) is 0 Å². The lowest BCUT2D eigenvalue weighted by molar-refractivity contribution is 0.100. The van der Waals surface area contributed by atoms with Gasteiger partial charge in [-0.05, 0) is 6.07 Å². The summed E-state index contributed by atoms with van der Waals surface area (Å²) in [6, 6.07) is 7.44. The van der Waals surface area contributed by atoms with E-state index in [-0.39, 0.29) is 30.8 Å². The molecule has 1 aromatic heterocycles. The predicted octanol–water partition coefficient (Wildman–Crippen LogP) is 1.43. The number of para-hydroxylation sites is 1. The van der Waals surface area contributed by atoms with E-state index in [2.05, 4.69) is 9.98 Å². The molecule has 1 amide bonds. The van der Waals surface area contributed by atoms with Crippen molar-refractivity contribution in [1.82, 2.24) is 4.98 Å². The summed E-state index contributed by atoms with van der Waals surface area (Å²) >= 11 is 0. The van der Waals surface area contributed by atoms with Crippen molar-refractivity contribution in [2.75, 3.05) is 0 Å². The molecule has 0 atom stereocenters. The van der Waals surface area contributed by atoms with Crippen molar-refractivity contribution in [3.05, 3.63) is 36.0 Å². The van der Waals surface area contributed by atoms with Crippen molar-refractivity contribution in [3.63, 3.8) is 0 Å². The number of carbonyl (C=O) groups is 1. The van der Waals surface area contributed by atoms with E-state index in [9.17, 15) is 4.79 Å². The Balaban J connectivity index is 0.00000128. The van der Waals surface area contributed by atoms with E-state index in [1.54, 1.807) is 6.20 Å². The fourth-order valence-electron chi connectivity index (χ4n) is 1.43. The van der Waals surface area contributed by atoms with Crippen molar-refractivity contribution in [2.24, 2.45) is 16.5 Å². The molecular formula is C10H12Cl2N4O. The molecule has 0 saturated carbocycles. The molecule has 0 aliphatic rings. The first kappa shape index (κ1) is 15.3. The number of guanidine groups is 1. The second kappa shape index (κ2) is 6.12. The molecule has 7 heteroatoms. The summed E-state index contributed by atoms with van der Waals surface area (Å²) in [6.45, 7) is 0. The first-order chi connectivity index (χ1) is 7.18. The second-order valence-electron chi connectivity index (χ2n) is 3.09. The number of carbonyl (C=O) groups excluding carboxylic acids is 1. The van der Waals surface area contributed by atoms with E-state index >= 15 is 0 Å². The Bertz CT molecular complexity index is 546. The van der Waals surface area contributed by atoms with Gasteiger partial charge in [0.2, 0.25) is 0 Å². The second-order valence-corrected chi connectivity index (χ2v) is 3.09. The summed E-state index contributed by atoms with van der Waals surface area (Å²) in [5.74, 6) is -0.669. The van der Waals surface area contributed by atoms with E-state index in [0.717, 1.165) is 10.9 Å². The van der Waals surface area contributed by atoms with Gasteiger partial charge in [0.05, 0.1) is 5.56 Å². The maximum absolute atomic E-state index is 11.6. The van der Waals surface area contributed by atoms with Crippen molar-refractivity contribution in [1.29, 1.82) is 0 Å². The average molecular weight is 275 g/mol. The number of benzene rings is 1. The smallest absolute Gasteiger partial charge is 0.282 e. The number of nitrogens with one attached hydrogen (secondary N) is 1. The molecular weight excluding hydrogens is 263 g/mol. The molecule has 2 aromatic rings. The van der Waals surface area contributed by atoms with E-state index in [1.165, 1.54) is 0 Å². The largest absolute Gasteiger partial charge is 0.370 e. The Labute approximate surface area is 110 Å². The summed E-state index contributed by atoms with van der Waals surface area (Å²) in [4.78, 5) is 18.0. The summed E-state index contributed by atoms with van der Waals surface area (Å²) in [5, 5.41) is 0.813. The molecule has 0 unspecified atom stereocenters. The molecule has 0 saturated heterocycles. The number of halogens is 2. The molecule has 0 fully saturated rings. The topological polar surface area (TPSA) is 97.3 Å². The molecule has 0 aliphatic heterocycles. The van der Waals surface area contributed by atoms with Gasteiger partial charge in [0.1, 0.15) is 0 Å². The minimum atomic E-state index is -0.438. The highest BCUT2D eigenvalue weighted by Crippen LogP contribution is 2.18. The van der Waals surface area contributed by atoms with Crippen molar-refractivity contribution < 1.29 is 4.79 Å².